The number of carbonyl (C=O) groups is 1. The van der Waals surface area contributed by atoms with Gasteiger partial charge in [0.1, 0.15) is 0 Å². The highest BCUT2D eigenvalue weighted by Crippen LogP contribution is 2.20. The molecule has 1 rings (SSSR count). The van der Waals surface area contributed by atoms with Gasteiger partial charge < -0.3 is 5.32 Å². The van der Waals surface area contributed by atoms with Crippen molar-refractivity contribution in [3.05, 3.63) is 29.3 Å². The van der Waals surface area contributed by atoms with Crippen LogP contribution in [-0.2, 0) is 15.5 Å². The van der Waals surface area contributed by atoms with E-state index in [0.717, 1.165) is 24.8 Å². The van der Waals surface area contributed by atoms with Gasteiger partial charge in [0.05, 0.1) is 4.90 Å². The number of nitrogens with one attached hydrogen (secondary N) is 1. The molecule has 0 aliphatic carbocycles. The molecule has 21 heavy (non-hydrogen) atoms. The Morgan fingerprint density at radius 1 is 1.33 bits per heavy atom. The van der Waals surface area contributed by atoms with E-state index in [1.807, 2.05) is 13.8 Å². The van der Waals surface area contributed by atoms with Crippen molar-refractivity contribution in [3.8, 4) is 0 Å². The van der Waals surface area contributed by atoms with Gasteiger partial charge in [-0.15, -0.1) is 0 Å². The molecule has 0 heterocycles. The van der Waals surface area contributed by atoms with E-state index in [2.05, 4.69) is 12.2 Å². The van der Waals surface area contributed by atoms with Crippen molar-refractivity contribution >= 4 is 25.6 Å². The minimum Gasteiger partial charge on any atom is -0.350 e. The summed E-state index contributed by atoms with van der Waals surface area (Å²) in [5, 5.41) is 2.91. The van der Waals surface area contributed by atoms with Gasteiger partial charge in [0, 0.05) is 22.3 Å². The predicted molar refractivity (Wildman–Crippen MR) is 85.3 cm³/mol. The van der Waals surface area contributed by atoms with Crippen LogP contribution in [0.1, 0.15) is 56.0 Å². The molecule has 118 valence electrons. The van der Waals surface area contributed by atoms with Crippen molar-refractivity contribution in [3.63, 3.8) is 0 Å². The fourth-order valence-electron chi connectivity index (χ4n) is 2.11. The standard InChI is InChI=1S/C15H22ClNO3S/c1-4-6-7-11(3)17-15(18)14-10-13(21(16,19)20)9-8-12(14)5-2/h8-11H,4-7H2,1-3H3,(H,17,18). The second-order valence-electron chi connectivity index (χ2n) is 5.13. The fourth-order valence-corrected chi connectivity index (χ4v) is 2.89. The number of hydrogen-bond donors (Lipinski definition) is 1. The van der Waals surface area contributed by atoms with Gasteiger partial charge in [-0.05, 0) is 37.5 Å². The topological polar surface area (TPSA) is 63.2 Å². The number of rotatable bonds is 7. The van der Waals surface area contributed by atoms with Crippen LogP contribution in [0.25, 0.3) is 0 Å². The molecule has 1 atom stereocenters. The lowest BCUT2D eigenvalue weighted by molar-refractivity contribution is 0.0937. The molecule has 1 aromatic rings. The Morgan fingerprint density at radius 3 is 2.52 bits per heavy atom. The van der Waals surface area contributed by atoms with Crippen molar-refractivity contribution in [2.45, 2.75) is 57.4 Å². The Balaban J connectivity index is 3.01. The lowest BCUT2D eigenvalue weighted by atomic mass is 10.0. The molecule has 0 aromatic heterocycles. The maximum atomic E-state index is 12.3. The number of unbranched alkanes of at least 4 members (excludes halogenated alkanes) is 1. The van der Waals surface area contributed by atoms with Crippen LogP contribution in [0.2, 0.25) is 0 Å². The Hall–Kier alpha value is -1.07. The maximum absolute atomic E-state index is 12.3. The Morgan fingerprint density at radius 2 is 2.00 bits per heavy atom. The molecule has 1 amide bonds. The van der Waals surface area contributed by atoms with Crippen LogP contribution < -0.4 is 5.32 Å². The molecule has 4 nitrogen and oxygen atoms in total. The van der Waals surface area contributed by atoms with Crippen molar-refractivity contribution in [1.82, 2.24) is 5.32 Å². The molecular weight excluding hydrogens is 310 g/mol. The number of carbonyl (C=O) groups excluding carboxylic acids is 1. The summed E-state index contributed by atoms with van der Waals surface area (Å²) in [5.74, 6) is -0.252. The summed E-state index contributed by atoms with van der Waals surface area (Å²) in [5.41, 5.74) is 1.18. The van der Waals surface area contributed by atoms with Crippen LogP contribution in [0.3, 0.4) is 0 Å². The van der Waals surface area contributed by atoms with E-state index in [9.17, 15) is 13.2 Å². The molecule has 6 heteroatoms. The number of amides is 1. The highest BCUT2D eigenvalue weighted by atomic mass is 35.7. The molecule has 0 bridgehead atoms. The minimum absolute atomic E-state index is 0.0484. The van der Waals surface area contributed by atoms with Crippen molar-refractivity contribution in [2.75, 3.05) is 0 Å². The molecule has 0 saturated heterocycles. The van der Waals surface area contributed by atoms with Gasteiger partial charge in [-0.1, -0.05) is 32.8 Å². The molecule has 0 aliphatic rings. The van der Waals surface area contributed by atoms with Gasteiger partial charge in [0.15, 0.2) is 0 Å². The van der Waals surface area contributed by atoms with E-state index in [1.165, 1.54) is 12.1 Å². The quantitative estimate of drug-likeness (QED) is 0.778. The first-order chi connectivity index (χ1) is 9.79. The molecule has 1 N–H and O–H groups in total. The molecule has 0 fully saturated rings. The van der Waals surface area contributed by atoms with Crippen molar-refractivity contribution < 1.29 is 13.2 Å². The third kappa shape index (κ3) is 5.32. The van der Waals surface area contributed by atoms with Gasteiger partial charge in [0.2, 0.25) is 0 Å². The monoisotopic (exact) mass is 331 g/mol. The summed E-state index contributed by atoms with van der Waals surface area (Å²) in [6.07, 6.45) is 3.66. The largest absolute Gasteiger partial charge is 0.350 e. The van der Waals surface area contributed by atoms with E-state index in [4.69, 9.17) is 10.7 Å². The third-order valence-corrected chi connectivity index (χ3v) is 4.71. The van der Waals surface area contributed by atoms with Crippen LogP contribution in [-0.4, -0.2) is 20.4 Å². The van der Waals surface area contributed by atoms with E-state index in [0.29, 0.717) is 12.0 Å². The van der Waals surface area contributed by atoms with Crippen molar-refractivity contribution in [2.24, 2.45) is 0 Å². The maximum Gasteiger partial charge on any atom is 0.261 e. The molecule has 1 unspecified atom stereocenters. The van der Waals surface area contributed by atoms with Gasteiger partial charge in [-0.3, -0.25) is 4.79 Å². The van der Waals surface area contributed by atoms with Gasteiger partial charge >= 0.3 is 0 Å². The number of benzene rings is 1. The molecule has 0 aliphatic heterocycles. The number of halogens is 1. The fraction of sp³-hybridized carbons (Fsp3) is 0.533. The second-order valence-corrected chi connectivity index (χ2v) is 7.69. The molecule has 0 saturated carbocycles. The SMILES string of the molecule is CCCCC(C)NC(=O)c1cc(S(=O)(=O)Cl)ccc1CC. The Labute approximate surface area is 131 Å². The van der Waals surface area contributed by atoms with E-state index < -0.39 is 9.05 Å². The first-order valence-corrected chi connectivity index (χ1v) is 9.49. The van der Waals surface area contributed by atoms with E-state index >= 15 is 0 Å². The molecular formula is C15H22ClNO3S. The average Bonchev–Trinajstić information content (AvgIpc) is 2.43. The lowest BCUT2D eigenvalue weighted by Crippen LogP contribution is -2.33. The zero-order chi connectivity index (χ0) is 16.0. The average molecular weight is 332 g/mol. The lowest BCUT2D eigenvalue weighted by Gasteiger charge is -2.15. The number of hydrogen-bond acceptors (Lipinski definition) is 3. The van der Waals surface area contributed by atoms with Crippen LogP contribution in [0.4, 0.5) is 0 Å². The zero-order valence-electron chi connectivity index (χ0n) is 12.6. The minimum atomic E-state index is -3.83. The summed E-state index contributed by atoms with van der Waals surface area (Å²) in [4.78, 5) is 12.3. The Bertz CT molecular complexity index is 599. The van der Waals surface area contributed by atoms with Gasteiger partial charge in [-0.25, -0.2) is 8.42 Å². The zero-order valence-corrected chi connectivity index (χ0v) is 14.2. The number of aryl methyl sites for hydroxylation is 1. The first kappa shape index (κ1) is 18.0. The molecule has 0 radical (unpaired) electrons. The van der Waals surface area contributed by atoms with Crippen LogP contribution >= 0.6 is 10.7 Å². The summed E-state index contributed by atoms with van der Waals surface area (Å²) in [6.45, 7) is 5.96. The second kappa shape index (κ2) is 7.80. The third-order valence-electron chi connectivity index (χ3n) is 3.36. The van der Waals surface area contributed by atoms with E-state index in [1.54, 1.807) is 6.07 Å². The summed E-state index contributed by atoms with van der Waals surface area (Å²) in [7, 11) is 1.51. The normalized spacial score (nSPS) is 13.0. The highest BCUT2D eigenvalue weighted by molar-refractivity contribution is 8.13. The van der Waals surface area contributed by atoms with Gasteiger partial charge in [0.25, 0.3) is 15.0 Å². The van der Waals surface area contributed by atoms with Gasteiger partial charge in [-0.2, -0.15) is 0 Å². The van der Waals surface area contributed by atoms with Crippen molar-refractivity contribution in [1.29, 1.82) is 0 Å². The van der Waals surface area contributed by atoms with E-state index in [-0.39, 0.29) is 16.8 Å². The highest BCUT2D eigenvalue weighted by Gasteiger charge is 2.17. The molecule has 0 spiro atoms. The summed E-state index contributed by atoms with van der Waals surface area (Å²) >= 11 is 0. The summed E-state index contributed by atoms with van der Waals surface area (Å²) in [6, 6.07) is 4.47. The van der Waals surface area contributed by atoms with Crippen LogP contribution in [0.5, 0.6) is 0 Å². The molecule has 1 aromatic carbocycles. The smallest absolute Gasteiger partial charge is 0.261 e. The first-order valence-electron chi connectivity index (χ1n) is 7.18. The summed E-state index contributed by atoms with van der Waals surface area (Å²) < 4.78 is 22.8. The Kier molecular flexibility index (Phi) is 6.68. The predicted octanol–water partition coefficient (Wildman–Crippen LogP) is 3.49. The van der Waals surface area contributed by atoms with Crippen LogP contribution in [0.15, 0.2) is 23.1 Å². The van der Waals surface area contributed by atoms with Crippen LogP contribution in [0, 0.1) is 0 Å².